The van der Waals surface area contributed by atoms with Crippen molar-refractivity contribution < 1.29 is 0 Å². The van der Waals surface area contributed by atoms with Crippen molar-refractivity contribution in [2.45, 2.75) is 6.92 Å². The third-order valence-electron chi connectivity index (χ3n) is 2.71. The van der Waals surface area contributed by atoms with Crippen LogP contribution in [0.4, 0.5) is 5.82 Å². The van der Waals surface area contributed by atoms with Crippen LogP contribution in [0.1, 0.15) is 6.92 Å². The molecule has 0 bridgehead atoms. The molecule has 3 aromatic heterocycles. The number of nitrogens with one attached hydrogen (secondary N) is 1. The Morgan fingerprint density at radius 1 is 1.17 bits per heavy atom. The third kappa shape index (κ3) is 1.79. The van der Waals surface area contributed by atoms with Crippen molar-refractivity contribution in [2.75, 3.05) is 11.9 Å². The number of nitrogens with zero attached hydrogens (tertiary/aromatic N) is 4. The van der Waals surface area contributed by atoms with Crippen molar-refractivity contribution in [1.82, 2.24) is 19.6 Å². The Labute approximate surface area is 105 Å². The van der Waals surface area contributed by atoms with Crippen LogP contribution in [-0.2, 0) is 0 Å². The molecule has 0 amide bonds. The van der Waals surface area contributed by atoms with Gasteiger partial charge in [0.1, 0.15) is 17.2 Å². The van der Waals surface area contributed by atoms with Gasteiger partial charge in [-0.1, -0.05) is 6.07 Å². The highest BCUT2D eigenvalue weighted by molar-refractivity contribution is 5.60. The Kier molecular flexibility index (Phi) is 2.64. The van der Waals surface area contributed by atoms with Crippen LogP contribution in [0.15, 0.2) is 42.7 Å². The van der Waals surface area contributed by atoms with Crippen molar-refractivity contribution in [2.24, 2.45) is 0 Å². The molecule has 0 unspecified atom stereocenters. The smallest absolute Gasteiger partial charge is 0.148 e. The van der Waals surface area contributed by atoms with Gasteiger partial charge in [0.25, 0.3) is 0 Å². The second kappa shape index (κ2) is 4.44. The minimum Gasteiger partial charge on any atom is -0.369 e. The van der Waals surface area contributed by atoms with Crippen LogP contribution < -0.4 is 5.32 Å². The number of imidazole rings is 1. The third-order valence-corrected chi connectivity index (χ3v) is 2.71. The predicted octanol–water partition coefficient (Wildman–Crippen LogP) is 2.22. The van der Waals surface area contributed by atoms with E-state index in [0.29, 0.717) is 0 Å². The molecule has 5 heteroatoms. The van der Waals surface area contributed by atoms with Crippen molar-refractivity contribution in [3.63, 3.8) is 0 Å². The van der Waals surface area contributed by atoms with Crippen LogP contribution in [0.3, 0.4) is 0 Å². The van der Waals surface area contributed by atoms with Gasteiger partial charge in [0.2, 0.25) is 0 Å². The van der Waals surface area contributed by atoms with Gasteiger partial charge < -0.3 is 5.32 Å². The summed E-state index contributed by atoms with van der Waals surface area (Å²) in [5, 5.41) is 11.5. The first-order valence-electron chi connectivity index (χ1n) is 5.88. The SMILES string of the molecule is CCNc1ccc(-c2cccc3nccn23)nn1. The molecule has 0 aliphatic heterocycles. The zero-order valence-electron chi connectivity index (χ0n) is 10.0. The maximum atomic E-state index is 4.25. The van der Waals surface area contributed by atoms with E-state index in [0.717, 1.165) is 29.4 Å². The number of hydrogen-bond acceptors (Lipinski definition) is 4. The van der Waals surface area contributed by atoms with Crippen molar-refractivity contribution in [1.29, 1.82) is 0 Å². The lowest BCUT2D eigenvalue weighted by atomic mass is 10.2. The molecule has 90 valence electrons. The van der Waals surface area contributed by atoms with Gasteiger partial charge in [0.05, 0.1) is 5.69 Å². The van der Waals surface area contributed by atoms with Crippen LogP contribution in [-0.4, -0.2) is 26.1 Å². The van der Waals surface area contributed by atoms with Crippen molar-refractivity contribution >= 4 is 11.5 Å². The lowest BCUT2D eigenvalue weighted by Gasteiger charge is -2.05. The summed E-state index contributed by atoms with van der Waals surface area (Å²) in [4.78, 5) is 4.25. The first-order chi connectivity index (χ1) is 8.88. The van der Waals surface area contributed by atoms with Gasteiger partial charge in [0.15, 0.2) is 0 Å². The molecule has 18 heavy (non-hydrogen) atoms. The number of fused-ring (bicyclic) bond motifs is 1. The van der Waals surface area contributed by atoms with Crippen molar-refractivity contribution in [3.8, 4) is 11.4 Å². The van der Waals surface area contributed by atoms with Crippen LogP contribution >= 0.6 is 0 Å². The molecule has 3 heterocycles. The lowest BCUT2D eigenvalue weighted by molar-refractivity contribution is 1.00. The van der Waals surface area contributed by atoms with Gasteiger partial charge in [-0.25, -0.2) is 4.98 Å². The summed E-state index contributed by atoms with van der Waals surface area (Å²) in [6, 6.07) is 9.83. The molecule has 0 aromatic carbocycles. The summed E-state index contributed by atoms with van der Waals surface area (Å²) in [5.41, 5.74) is 2.73. The number of rotatable bonds is 3. The summed E-state index contributed by atoms with van der Waals surface area (Å²) in [7, 11) is 0. The van der Waals surface area contributed by atoms with E-state index in [1.807, 2.05) is 47.9 Å². The summed E-state index contributed by atoms with van der Waals surface area (Å²) in [6.45, 7) is 2.87. The topological polar surface area (TPSA) is 55.1 Å². The molecule has 0 aliphatic carbocycles. The molecule has 3 rings (SSSR count). The molecule has 0 atom stereocenters. The quantitative estimate of drug-likeness (QED) is 0.761. The van der Waals surface area contributed by atoms with E-state index < -0.39 is 0 Å². The largest absolute Gasteiger partial charge is 0.369 e. The lowest BCUT2D eigenvalue weighted by Crippen LogP contribution is -2.01. The van der Waals surface area contributed by atoms with Gasteiger partial charge in [-0.3, -0.25) is 4.40 Å². The number of hydrogen-bond donors (Lipinski definition) is 1. The molecular formula is C13H13N5. The zero-order valence-corrected chi connectivity index (χ0v) is 10.0. The van der Waals surface area contributed by atoms with E-state index in [2.05, 4.69) is 20.5 Å². The average Bonchev–Trinajstić information content (AvgIpc) is 2.88. The normalized spacial score (nSPS) is 10.7. The average molecular weight is 239 g/mol. The maximum absolute atomic E-state index is 4.25. The molecule has 0 spiro atoms. The van der Waals surface area contributed by atoms with Gasteiger partial charge in [-0.2, -0.15) is 0 Å². The van der Waals surface area contributed by atoms with Crippen LogP contribution in [0.5, 0.6) is 0 Å². The molecule has 1 N–H and O–H groups in total. The van der Waals surface area contributed by atoms with Crippen LogP contribution in [0.2, 0.25) is 0 Å². The van der Waals surface area contributed by atoms with Gasteiger partial charge in [-0.05, 0) is 31.2 Å². The highest BCUT2D eigenvalue weighted by atomic mass is 15.2. The standard InChI is InChI=1S/C13H13N5/c1-2-14-12-7-6-10(16-17-12)11-4-3-5-13-15-8-9-18(11)13/h3-9H,2H2,1H3,(H,14,17). The second-order valence-electron chi connectivity index (χ2n) is 3.90. The number of pyridine rings is 1. The minimum atomic E-state index is 0.791. The van der Waals surface area contributed by atoms with E-state index in [1.165, 1.54) is 0 Å². The van der Waals surface area contributed by atoms with Crippen LogP contribution in [0.25, 0.3) is 17.0 Å². The summed E-state index contributed by atoms with van der Waals surface area (Å²) >= 11 is 0. The fourth-order valence-electron chi connectivity index (χ4n) is 1.90. The van der Waals surface area contributed by atoms with E-state index in [1.54, 1.807) is 6.20 Å². The number of anilines is 1. The van der Waals surface area contributed by atoms with Crippen molar-refractivity contribution in [3.05, 3.63) is 42.7 Å². The Morgan fingerprint density at radius 3 is 2.89 bits per heavy atom. The second-order valence-corrected chi connectivity index (χ2v) is 3.90. The number of aromatic nitrogens is 4. The van der Waals surface area contributed by atoms with Gasteiger partial charge >= 0.3 is 0 Å². The molecule has 0 fully saturated rings. The first kappa shape index (κ1) is 10.7. The van der Waals surface area contributed by atoms with Crippen LogP contribution in [0, 0.1) is 0 Å². The first-order valence-corrected chi connectivity index (χ1v) is 5.88. The molecule has 3 aromatic rings. The molecule has 0 aliphatic rings. The molecule has 0 saturated carbocycles. The molecule has 0 saturated heterocycles. The molecule has 5 nitrogen and oxygen atoms in total. The fourth-order valence-corrected chi connectivity index (χ4v) is 1.90. The summed E-state index contributed by atoms with van der Waals surface area (Å²) in [5.74, 6) is 0.791. The highest BCUT2D eigenvalue weighted by Crippen LogP contribution is 2.18. The van der Waals surface area contributed by atoms with E-state index in [4.69, 9.17) is 0 Å². The minimum absolute atomic E-state index is 0.791. The Hall–Kier alpha value is -2.43. The van der Waals surface area contributed by atoms with Gasteiger partial charge in [0, 0.05) is 18.9 Å². The summed E-state index contributed by atoms with van der Waals surface area (Å²) < 4.78 is 2.00. The Bertz CT molecular complexity index is 656. The monoisotopic (exact) mass is 239 g/mol. The van der Waals surface area contributed by atoms with Gasteiger partial charge in [-0.15, -0.1) is 10.2 Å². The Balaban J connectivity index is 2.06. The Morgan fingerprint density at radius 2 is 2.11 bits per heavy atom. The fraction of sp³-hybridized carbons (Fsp3) is 0.154. The highest BCUT2D eigenvalue weighted by Gasteiger charge is 2.05. The molecular weight excluding hydrogens is 226 g/mol. The van der Waals surface area contributed by atoms with E-state index in [-0.39, 0.29) is 0 Å². The zero-order chi connectivity index (χ0) is 12.4. The predicted molar refractivity (Wildman–Crippen MR) is 70.4 cm³/mol. The van der Waals surface area contributed by atoms with E-state index in [9.17, 15) is 0 Å². The molecule has 0 radical (unpaired) electrons. The maximum Gasteiger partial charge on any atom is 0.148 e. The summed E-state index contributed by atoms with van der Waals surface area (Å²) in [6.07, 6.45) is 3.70. The van der Waals surface area contributed by atoms with E-state index >= 15 is 0 Å².